The molecule has 8 heteroatoms. The highest BCUT2D eigenvalue weighted by Crippen LogP contribution is 2.22. The third-order valence-corrected chi connectivity index (χ3v) is 5.85. The summed E-state index contributed by atoms with van der Waals surface area (Å²) in [7, 11) is -3.39. The van der Waals surface area contributed by atoms with Crippen molar-refractivity contribution in [3.05, 3.63) is 11.2 Å². The maximum atomic E-state index is 12.0. The van der Waals surface area contributed by atoms with Crippen molar-refractivity contribution in [1.29, 1.82) is 0 Å². The molecule has 0 amide bonds. The van der Waals surface area contributed by atoms with E-state index in [1.54, 1.807) is 6.92 Å². The van der Waals surface area contributed by atoms with Gasteiger partial charge in [-0.1, -0.05) is 0 Å². The number of rotatable bonds is 3. The lowest BCUT2D eigenvalue weighted by Gasteiger charge is -2.26. The molecule has 0 radical (unpaired) electrons. The standard InChI is InChI=1S/C10H17N3O2S2.ClH/c1-7-12-6-10(16-7)17(14,15)13-9-4-2-8(11)3-5-9;/h6,8-9,13H,2-5,11H2,1H3;1H. The Morgan fingerprint density at radius 2 is 2.00 bits per heavy atom. The van der Waals surface area contributed by atoms with E-state index in [2.05, 4.69) is 9.71 Å². The molecule has 0 aromatic carbocycles. The van der Waals surface area contributed by atoms with E-state index in [0.717, 1.165) is 30.7 Å². The molecule has 0 atom stereocenters. The van der Waals surface area contributed by atoms with Crippen LogP contribution in [0.4, 0.5) is 0 Å². The summed E-state index contributed by atoms with van der Waals surface area (Å²) in [6, 6.07) is 0.239. The van der Waals surface area contributed by atoms with Crippen molar-refractivity contribution in [3.63, 3.8) is 0 Å². The summed E-state index contributed by atoms with van der Waals surface area (Å²) in [5, 5.41) is 0.760. The lowest BCUT2D eigenvalue weighted by atomic mass is 9.93. The Labute approximate surface area is 118 Å². The van der Waals surface area contributed by atoms with Crippen molar-refractivity contribution in [2.45, 2.75) is 48.9 Å². The Bertz CT molecular complexity index is 481. The molecule has 1 aromatic rings. The van der Waals surface area contributed by atoms with Crippen LogP contribution in [-0.4, -0.2) is 25.5 Å². The topological polar surface area (TPSA) is 85.1 Å². The highest BCUT2D eigenvalue weighted by Gasteiger charge is 2.25. The lowest BCUT2D eigenvalue weighted by Crippen LogP contribution is -2.40. The van der Waals surface area contributed by atoms with Gasteiger partial charge in [0.15, 0.2) is 4.21 Å². The summed E-state index contributed by atoms with van der Waals surface area (Å²) in [5.74, 6) is 0. The quantitative estimate of drug-likeness (QED) is 0.884. The Hall–Kier alpha value is -0.210. The van der Waals surface area contributed by atoms with E-state index < -0.39 is 10.0 Å². The summed E-state index contributed by atoms with van der Waals surface area (Å²) < 4.78 is 27.1. The van der Waals surface area contributed by atoms with Crippen molar-refractivity contribution in [2.75, 3.05) is 0 Å². The second-order valence-corrected chi connectivity index (χ2v) is 7.61. The molecule has 0 aliphatic heterocycles. The number of nitrogens with two attached hydrogens (primary N) is 1. The van der Waals surface area contributed by atoms with Gasteiger partial charge < -0.3 is 5.73 Å². The maximum absolute atomic E-state index is 12.0. The van der Waals surface area contributed by atoms with E-state index in [1.807, 2.05) is 0 Å². The first-order valence-corrected chi connectivity index (χ1v) is 7.97. The normalized spacial score (nSPS) is 24.6. The van der Waals surface area contributed by atoms with E-state index in [9.17, 15) is 8.42 Å². The van der Waals surface area contributed by atoms with Gasteiger partial charge in [0.05, 0.1) is 11.2 Å². The summed E-state index contributed by atoms with van der Waals surface area (Å²) in [6.45, 7) is 1.79. The van der Waals surface area contributed by atoms with E-state index in [0.29, 0.717) is 4.21 Å². The van der Waals surface area contributed by atoms with Gasteiger partial charge in [-0.2, -0.15) is 0 Å². The summed E-state index contributed by atoms with van der Waals surface area (Å²) in [6.07, 6.45) is 4.82. The van der Waals surface area contributed by atoms with Gasteiger partial charge in [-0.25, -0.2) is 18.1 Å². The number of hydrogen-bond donors (Lipinski definition) is 2. The molecule has 0 spiro atoms. The Kier molecular flexibility index (Phi) is 5.54. The molecule has 1 heterocycles. The molecular weight excluding hydrogens is 294 g/mol. The second-order valence-electron chi connectivity index (χ2n) is 4.43. The Morgan fingerprint density at radius 3 is 2.50 bits per heavy atom. The van der Waals surface area contributed by atoms with Gasteiger partial charge in [0.2, 0.25) is 0 Å². The van der Waals surface area contributed by atoms with Crippen LogP contribution < -0.4 is 10.5 Å². The predicted octanol–water partition coefficient (Wildman–Crippen LogP) is 1.42. The zero-order valence-corrected chi connectivity index (χ0v) is 12.6. The molecule has 1 saturated carbocycles. The van der Waals surface area contributed by atoms with E-state index in [4.69, 9.17) is 5.73 Å². The van der Waals surface area contributed by atoms with Gasteiger partial charge in [-0.3, -0.25) is 0 Å². The largest absolute Gasteiger partial charge is 0.328 e. The molecule has 18 heavy (non-hydrogen) atoms. The van der Waals surface area contributed by atoms with Crippen LogP contribution in [0.15, 0.2) is 10.4 Å². The zero-order chi connectivity index (χ0) is 12.5. The maximum Gasteiger partial charge on any atom is 0.251 e. The average molecular weight is 312 g/mol. The van der Waals surface area contributed by atoms with Gasteiger partial charge in [-0.15, -0.1) is 23.7 Å². The molecule has 2 rings (SSSR count). The monoisotopic (exact) mass is 311 g/mol. The van der Waals surface area contributed by atoms with Gasteiger partial charge in [0, 0.05) is 12.1 Å². The molecule has 104 valence electrons. The molecule has 0 saturated heterocycles. The van der Waals surface area contributed by atoms with E-state index >= 15 is 0 Å². The highest BCUT2D eigenvalue weighted by atomic mass is 35.5. The van der Waals surface area contributed by atoms with E-state index in [1.165, 1.54) is 17.5 Å². The highest BCUT2D eigenvalue weighted by molar-refractivity contribution is 7.91. The van der Waals surface area contributed by atoms with Crippen molar-refractivity contribution in [3.8, 4) is 0 Å². The van der Waals surface area contributed by atoms with Crippen molar-refractivity contribution >= 4 is 33.8 Å². The SMILES string of the molecule is Cc1ncc(S(=O)(=O)NC2CCC(N)CC2)s1.Cl. The van der Waals surface area contributed by atoms with Crippen LogP contribution in [0.1, 0.15) is 30.7 Å². The fraction of sp³-hybridized carbons (Fsp3) is 0.700. The number of sulfonamides is 1. The number of thiazole rings is 1. The van der Waals surface area contributed by atoms with E-state index in [-0.39, 0.29) is 24.5 Å². The van der Waals surface area contributed by atoms with Crippen molar-refractivity contribution in [2.24, 2.45) is 5.73 Å². The van der Waals surface area contributed by atoms with Gasteiger partial charge >= 0.3 is 0 Å². The summed E-state index contributed by atoms with van der Waals surface area (Å²) in [5.41, 5.74) is 5.79. The van der Waals surface area contributed by atoms with Gasteiger partial charge in [0.25, 0.3) is 10.0 Å². The van der Waals surface area contributed by atoms with Crippen LogP contribution in [-0.2, 0) is 10.0 Å². The Morgan fingerprint density at radius 1 is 1.39 bits per heavy atom. The van der Waals surface area contributed by atoms with Gasteiger partial charge in [0.1, 0.15) is 0 Å². The number of aryl methyl sites for hydroxylation is 1. The fourth-order valence-corrected chi connectivity index (χ4v) is 4.41. The van der Waals surface area contributed by atoms with Crippen LogP contribution in [0.2, 0.25) is 0 Å². The molecule has 1 aliphatic rings. The first-order valence-electron chi connectivity index (χ1n) is 5.68. The molecule has 1 aromatic heterocycles. The summed E-state index contributed by atoms with van der Waals surface area (Å²) >= 11 is 1.20. The summed E-state index contributed by atoms with van der Waals surface area (Å²) in [4.78, 5) is 3.97. The smallest absolute Gasteiger partial charge is 0.251 e. The minimum Gasteiger partial charge on any atom is -0.328 e. The van der Waals surface area contributed by atoms with Crippen LogP contribution in [0.3, 0.4) is 0 Å². The van der Waals surface area contributed by atoms with Crippen LogP contribution in [0, 0.1) is 6.92 Å². The van der Waals surface area contributed by atoms with Crippen molar-refractivity contribution < 1.29 is 8.42 Å². The number of halogens is 1. The third kappa shape index (κ3) is 3.89. The molecule has 5 nitrogen and oxygen atoms in total. The zero-order valence-electron chi connectivity index (χ0n) is 10.1. The van der Waals surface area contributed by atoms with Crippen LogP contribution >= 0.6 is 23.7 Å². The molecule has 3 N–H and O–H groups in total. The minimum absolute atomic E-state index is 0. The second kappa shape index (κ2) is 6.29. The van der Waals surface area contributed by atoms with Crippen molar-refractivity contribution in [1.82, 2.24) is 9.71 Å². The minimum atomic E-state index is -3.39. The fourth-order valence-electron chi connectivity index (χ4n) is 1.98. The molecular formula is C10H18ClN3O2S2. The average Bonchev–Trinajstić information content (AvgIpc) is 2.69. The first kappa shape index (κ1) is 15.8. The molecule has 0 unspecified atom stereocenters. The molecule has 0 bridgehead atoms. The predicted molar refractivity (Wildman–Crippen MR) is 74.7 cm³/mol. The Balaban J connectivity index is 0.00000162. The third-order valence-electron chi connectivity index (χ3n) is 2.96. The van der Waals surface area contributed by atoms with Gasteiger partial charge in [-0.05, 0) is 32.6 Å². The number of nitrogens with one attached hydrogen (secondary N) is 1. The van der Waals surface area contributed by atoms with Crippen LogP contribution in [0.25, 0.3) is 0 Å². The number of aromatic nitrogens is 1. The molecule has 1 aliphatic carbocycles. The lowest BCUT2D eigenvalue weighted by molar-refractivity contribution is 0.374. The first-order chi connectivity index (χ1) is 7.97. The number of hydrogen-bond acceptors (Lipinski definition) is 5. The molecule has 1 fully saturated rings. The number of nitrogens with zero attached hydrogens (tertiary/aromatic N) is 1. The van der Waals surface area contributed by atoms with Crippen LogP contribution in [0.5, 0.6) is 0 Å².